The highest BCUT2D eigenvalue weighted by molar-refractivity contribution is 5.70. The van der Waals surface area contributed by atoms with Crippen molar-refractivity contribution in [2.45, 2.75) is 36.1 Å². The van der Waals surface area contributed by atoms with Crippen molar-refractivity contribution in [3.8, 4) is 33.4 Å². The first-order valence-corrected chi connectivity index (χ1v) is 11.0. The molecule has 5 aromatic carbocycles. The summed E-state index contributed by atoms with van der Waals surface area (Å²) in [6, 6.07) is 46.9. The third kappa shape index (κ3) is 8.12. The van der Waals surface area contributed by atoms with Crippen LogP contribution in [0.1, 0.15) is 33.4 Å². The Labute approximate surface area is 214 Å². The fourth-order valence-electron chi connectivity index (χ4n) is 3.61. The van der Waals surface area contributed by atoms with Gasteiger partial charge >= 0.3 is 0 Å². The number of aryl methyl sites for hydroxylation is 2. The molecule has 0 unspecified atom stereocenters. The highest BCUT2D eigenvalue weighted by Gasteiger charge is 1.99. The lowest BCUT2D eigenvalue weighted by Gasteiger charge is -2.05. The van der Waals surface area contributed by atoms with E-state index in [-0.39, 0.29) is 22.3 Å². The molecule has 0 saturated carbocycles. The molecule has 0 aliphatic heterocycles. The van der Waals surface area contributed by atoms with Crippen molar-refractivity contribution >= 4 is 0 Å². The Morgan fingerprint density at radius 1 is 0.257 bits per heavy atom. The summed E-state index contributed by atoms with van der Waals surface area (Å²) < 4.78 is 0. The Kier molecular flexibility index (Phi) is 12.0. The second-order valence-electron chi connectivity index (χ2n) is 8.04. The number of hydrogen-bond donors (Lipinski definition) is 0. The molecule has 5 rings (SSSR count). The van der Waals surface area contributed by atoms with Crippen LogP contribution in [0.3, 0.4) is 0 Å². The van der Waals surface area contributed by atoms with Crippen molar-refractivity contribution in [2.75, 3.05) is 0 Å². The summed E-state index contributed by atoms with van der Waals surface area (Å²) in [5.41, 5.74) is 10.2. The van der Waals surface area contributed by atoms with Crippen molar-refractivity contribution in [2.24, 2.45) is 0 Å². The molecule has 0 aliphatic carbocycles. The Bertz CT molecular complexity index is 1220. The first-order chi connectivity index (χ1) is 15.7. The molecule has 0 atom stereocenters. The van der Waals surface area contributed by atoms with Crippen LogP contribution < -0.4 is 0 Å². The highest BCUT2D eigenvalue weighted by Crippen LogP contribution is 2.25. The molecule has 0 aromatic heterocycles. The topological polar surface area (TPSA) is 0 Å². The fourth-order valence-corrected chi connectivity index (χ4v) is 3.61. The predicted octanol–water partition coefficient (Wildman–Crippen LogP) is 10.9. The smallest absolute Gasteiger partial charge is 0.0184 e. The van der Waals surface area contributed by atoms with Gasteiger partial charge in [0, 0.05) is 0 Å². The Morgan fingerprint density at radius 3 is 0.714 bits per heavy atom. The third-order valence-corrected chi connectivity index (χ3v) is 5.54. The molecule has 0 heteroatoms. The van der Waals surface area contributed by atoms with Crippen LogP contribution in [0.5, 0.6) is 0 Å². The first-order valence-electron chi connectivity index (χ1n) is 11.0. The molecule has 5 aromatic rings. The zero-order valence-corrected chi connectivity index (χ0v) is 18.7. The molecule has 0 aliphatic rings. The molecule has 0 amide bonds. The van der Waals surface area contributed by atoms with Gasteiger partial charge in [0.2, 0.25) is 0 Å². The molecule has 0 radical (unpaired) electrons. The lowest BCUT2D eigenvalue weighted by Crippen LogP contribution is -1.80. The standard InChI is InChI=1S/C19H16.C13H12.3CH4/c1-15-7-9-17(10-8-15)19-13-11-18(12-14-19)16-5-3-2-4-6-16;1-11-7-9-13(10-8-11)12-5-3-2-4-6-12;;;/h2-14H,1H3;2-10H,1H3;3*1H4. The molecular formula is C35H40. The minimum Gasteiger partial charge on any atom is -0.0776 e. The van der Waals surface area contributed by atoms with E-state index in [9.17, 15) is 0 Å². The lowest BCUT2D eigenvalue weighted by molar-refractivity contribution is 1.47. The van der Waals surface area contributed by atoms with E-state index in [4.69, 9.17) is 0 Å². The lowest BCUT2D eigenvalue weighted by atomic mass is 10.00. The van der Waals surface area contributed by atoms with Gasteiger partial charge in [0.25, 0.3) is 0 Å². The Morgan fingerprint density at radius 2 is 0.457 bits per heavy atom. The van der Waals surface area contributed by atoms with Crippen molar-refractivity contribution in [1.29, 1.82) is 0 Å². The molecule has 0 saturated heterocycles. The number of rotatable bonds is 3. The van der Waals surface area contributed by atoms with Gasteiger partial charge in [-0.05, 0) is 47.2 Å². The van der Waals surface area contributed by atoms with Gasteiger partial charge in [-0.2, -0.15) is 0 Å². The zero-order valence-electron chi connectivity index (χ0n) is 18.7. The monoisotopic (exact) mass is 460 g/mol. The van der Waals surface area contributed by atoms with E-state index in [1.54, 1.807) is 0 Å². The van der Waals surface area contributed by atoms with Crippen LogP contribution in [-0.2, 0) is 0 Å². The van der Waals surface area contributed by atoms with Crippen molar-refractivity contribution in [1.82, 2.24) is 0 Å². The second-order valence-corrected chi connectivity index (χ2v) is 8.04. The maximum Gasteiger partial charge on any atom is -0.0184 e. The zero-order chi connectivity index (χ0) is 22.2. The van der Waals surface area contributed by atoms with Crippen molar-refractivity contribution in [3.63, 3.8) is 0 Å². The van der Waals surface area contributed by atoms with E-state index in [2.05, 4.69) is 135 Å². The van der Waals surface area contributed by atoms with Gasteiger partial charge in [0.1, 0.15) is 0 Å². The van der Waals surface area contributed by atoms with Gasteiger partial charge in [-0.25, -0.2) is 0 Å². The average Bonchev–Trinajstić information content (AvgIpc) is 2.87. The highest BCUT2D eigenvalue weighted by atomic mass is 14.0. The van der Waals surface area contributed by atoms with E-state index in [1.807, 2.05) is 12.1 Å². The van der Waals surface area contributed by atoms with Crippen LogP contribution in [0.2, 0.25) is 0 Å². The largest absolute Gasteiger partial charge is 0.0776 e. The normalized spacial score (nSPS) is 9.31. The molecule has 180 valence electrons. The summed E-state index contributed by atoms with van der Waals surface area (Å²) in [6.07, 6.45) is 0. The second kappa shape index (κ2) is 14.4. The van der Waals surface area contributed by atoms with Crippen LogP contribution in [0.15, 0.2) is 133 Å². The summed E-state index contributed by atoms with van der Waals surface area (Å²) in [4.78, 5) is 0. The van der Waals surface area contributed by atoms with E-state index in [0.717, 1.165) is 0 Å². The van der Waals surface area contributed by atoms with Gasteiger partial charge in [-0.1, -0.05) is 167 Å². The SMILES string of the molecule is C.C.C.Cc1ccc(-c2ccc(-c3ccccc3)cc2)cc1.Cc1ccc(-c2ccccc2)cc1. The summed E-state index contributed by atoms with van der Waals surface area (Å²) in [5.74, 6) is 0. The van der Waals surface area contributed by atoms with Gasteiger partial charge in [-0.15, -0.1) is 0 Å². The van der Waals surface area contributed by atoms with E-state index < -0.39 is 0 Å². The fraction of sp³-hybridized carbons (Fsp3) is 0.143. The molecule has 0 bridgehead atoms. The minimum atomic E-state index is 0. The summed E-state index contributed by atoms with van der Waals surface area (Å²) in [7, 11) is 0. The van der Waals surface area contributed by atoms with Crippen molar-refractivity contribution in [3.05, 3.63) is 145 Å². The Hall–Kier alpha value is -3.90. The molecular weight excluding hydrogens is 420 g/mol. The van der Waals surface area contributed by atoms with Crippen molar-refractivity contribution < 1.29 is 0 Å². The van der Waals surface area contributed by atoms with Gasteiger partial charge in [0.05, 0.1) is 0 Å². The van der Waals surface area contributed by atoms with Gasteiger partial charge < -0.3 is 0 Å². The molecule has 0 fully saturated rings. The summed E-state index contributed by atoms with van der Waals surface area (Å²) >= 11 is 0. The molecule has 35 heavy (non-hydrogen) atoms. The third-order valence-electron chi connectivity index (χ3n) is 5.54. The van der Waals surface area contributed by atoms with E-state index in [0.29, 0.717) is 0 Å². The van der Waals surface area contributed by atoms with E-state index in [1.165, 1.54) is 44.5 Å². The molecule has 0 heterocycles. The first kappa shape index (κ1) is 29.1. The van der Waals surface area contributed by atoms with Gasteiger partial charge in [0.15, 0.2) is 0 Å². The van der Waals surface area contributed by atoms with Crippen LogP contribution in [-0.4, -0.2) is 0 Å². The minimum absolute atomic E-state index is 0. The van der Waals surface area contributed by atoms with Crippen LogP contribution >= 0.6 is 0 Å². The molecule has 0 N–H and O–H groups in total. The van der Waals surface area contributed by atoms with Crippen LogP contribution in [0, 0.1) is 13.8 Å². The number of hydrogen-bond acceptors (Lipinski definition) is 0. The summed E-state index contributed by atoms with van der Waals surface area (Å²) in [6.45, 7) is 4.22. The molecule has 0 spiro atoms. The van der Waals surface area contributed by atoms with Gasteiger partial charge in [-0.3, -0.25) is 0 Å². The quantitative estimate of drug-likeness (QED) is 0.251. The predicted molar refractivity (Wildman–Crippen MR) is 159 cm³/mol. The van der Waals surface area contributed by atoms with Crippen LogP contribution in [0.25, 0.3) is 33.4 Å². The van der Waals surface area contributed by atoms with E-state index >= 15 is 0 Å². The van der Waals surface area contributed by atoms with Crippen LogP contribution in [0.4, 0.5) is 0 Å². The maximum atomic E-state index is 2.19. The number of benzene rings is 5. The Balaban J connectivity index is 0.000000341. The summed E-state index contributed by atoms with van der Waals surface area (Å²) in [5, 5.41) is 0. The maximum absolute atomic E-state index is 2.19. The molecule has 0 nitrogen and oxygen atoms in total. The average molecular weight is 461 g/mol.